The summed E-state index contributed by atoms with van der Waals surface area (Å²) in [5.74, 6) is -0.864. The van der Waals surface area contributed by atoms with E-state index in [-0.39, 0.29) is 16.9 Å². The van der Waals surface area contributed by atoms with E-state index in [2.05, 4.69) is 26.1 Å². The van der Waals surface area contributed by atoms with Crippen molar-refractivity contribution in [3.05, 3.63) is 35.4 Å². The molecule has 1 aliphatic carbocycles. The van der Waals surface area contributed by atoms with Gasteiger partial charge in [-0.1, -0.05) is 26.8 Å². The number of hydrogen-bond acceptors (Lipinski definition) is 1. The lowest BCUT2D eigenvalue weighted by Gasteiger charge is -2.53. The SMILES string of the molecule is CCCNC1CC(c2c(F)cccc2F)C1(C)C. The molecule has 1 aromatic rings. The number of rotatable bonds is 4. The predicted octanol–water partition coefficient (Wildman–Crippen LogP) is 3.85. The lowest BCUT2D eigenvalue weighted by molar-refractivity contribution is 0.0648. The predicted molar refractivity (Wildman–Crippen MR) is 69.6 cm³/mol. The summed E-state index contributed by atoms with van der Waals surface area (Å²) in [4.78, 5) is 0. The molecule has 0 radical (unpaired) electrons. The largest absolute Gasteiger partial charge is 0.313 e. The van der Waals surface area contributed by atoms with Gasteiger partial charge in [0.05, 0.1) is 0 Å². The number of hydrogen-bond donors (Lipinski definition) is 1. The highest BCUT2D eigenvalue weighted by molar-refractivity contribution is 5.30. The fourth-order valence-corrected chi connectivity index (χ4v) is 2.92. The monoisotopic (exact) mass is 253 g/mol. The van der Waals surface area contributed by atoms with Crippen molar-refractivity contribution in [3.8, 4) is 0 Å². The molecule has 0 bridgehead atoms. The Labute approximate surface area is 108 Å². The van der Waals surface area contributed by atoms with Crippen molar-refractivity contribution in [2.45, 2.75) is 45.6 Å². The van der Waals surface area contributed by atoms with Gasteiger partial charge in [-0.3, -0.25) is 0 Å². The molecule has 0 heterocycles. The Bertz CT molecular complexity index is 408. The van der Waals surface area contributed by atoms with Crippen LogP contribution < -0.4 is 5.32 Å². The van der Waals surface area contributed by atoms with Gasteiger partial charge in [0.25, 0.3) is 0 Å². The van der Waals surface area contributed by atoms with Crippen LogP contribution in [0.4, 0.5) is 8.78 Å². The van der Waals surface area contributed by atoms with Crippen molar-refractivity contribution in [2.75, 3.05) is 6.54 Å². The molecule has 0 aromatic heterocycles. The second-order valence-electron chi connectivity index (χ2n) is 5.75. The first-order chi connectivity index (χ1) is 8.48. The third-order valence-corrected chi connectivity index (χ3v) is 4.26. The van der Waals surface area contributed by atoms with Crippen LogP contribution in [0.1, 0.15) is 45.1 Å². The molecule has 0 spiro atoms. The molecule has 1 fully saturated rings. The van der Waals surface area contributed by atoms with E-state index < -0.39 is 11.6 Å². The highest BCUT2D eigenvalue weighted by atomic mass is 19.1. The highest BCUT2D eigenvalue weighted by Gasteiger charge is 2.49. The summed E-state index contributed by atoms with van der Waals surface area (Å²) in [6.45, 7) is 7.24. The fourth-order valence-electron chi connectivity index (χ4n) is 2.92. The maximum absolute atomic E-state index is 13.8. The lowest BCUT2D eigenvalue weighted by Crippen LogP contribution is -2.55. The third-order valence-electron chi connectivity index (χ3n) is 4.26. The minimum atomic E-state index is -0.415. The maximum Gasteiger partial charge on any atom is 0.129 e. The molecule has 18 heavy (non-hydrogen) atoms. The topological polar surface area (TPSA) is 12.0 Å². The Morgan fingerprint density at radius 1 is 1.28 bits per heavy atom. The molecule has 2 unspecified atom stereocenters. The van der Waals surface area contributed by atoms with Crippen LogP contribution in [0.25, 0.3) is 0 Å². The van der Waals surface area contributed by atoms with Crippen LogP contribution in [0.5, 0.6) is 0 Å². The van der Waals surface area contributed by atoms with Gasteiger partial charge in [-0.2, -0.15) is 0 Å². The number of halogens is 2. The molecule has 1 nitrogen and oxygen atoms in total. The minimum absolute atomic E-state index is 0.0342. The first-order valence-electron chi connectivity index (χ1n) is 6.65. The Kier molecular flexibility index (Phi) is 3.71. The molecule has 1 N–H and O–H groups in total. The van der Waals surface area contributed by atoms with Gasteiger partial charge in [0, 0.05) is 11.6 Å². The molecular formula is C15H21F2N. The summed E-state index contributed by atoms with van der Waals surface area (Å²) >= 11 is 0. The molecule has 3 heteroatoms. The zero-order valence-corrected chi connectivity index (χ0v) is 11.3. The fraction of sp³-hybridized carbons (Fsp3) is 0.600. The van der Waals surface area contributed by atoms with Gasteiger partial charge in [0.1, 0.15) is 11.6 Å². The van der Waals surface area contributed by atoms with Crippen LogP contribution in [0, 0.1) is 17.0 Å². The summed E-state index contributed by atoms with van der Waals surface area (Å²) in [6.07, 6.45) is 1.89. The van der Waals surface area contributed by atoms with E-state index >= 15 is 0 Å². The molecular weight excluding hydrogens is 232 g/mol. The van der Waals surface area contributed by atoms with Crippen molar-refractivity contribution in [3.63, 3.8) is 0 Å². The van der Waals surface area contributed by atoms with Crippen molar-refractivity contribution < 1.29 is 8.78 Å². The second-order valence-corrected chi connectivity index (χ2v) is 5.75. The van der Waals surface area contributed by atoms with E-state index in [9.17, 15) is 8.78 Å². The minimum Gasteiger partial charge on any atom is -0.313 e. The smallest absolute Gasteiger partial charge is 0.129 e. The standard InChI is InChI=1S/C15H21F2N/c1-4-8-18-13-9-10(15(13,2)3)14-11(16)6-5-7-12(14)17/h5-7,10,13,18H,4,8-9H2,1-3H3. The quantitative estimate of drug-likeness (QED) is 0.859. The number of nitrogens with one attached hydrogen (secondary N) is 1. The molecule has 1 saturated carbocycles. The van der Waals surface area contributed by atoms with Crippen LogP contribution in [0.3, 0.4) is 0 Å². The van der Waals surface area contributed by atoms with Gasteiger partial charge in [0.2, 0.25) is 0 Å². The van der Waals surface area contributed by atoms with Gasteiger partial charge < -0.3 is 5.32 Å². The van der Waals surface area contributed by atoms with E-state index in [1.807, 2.05) is 0 Å². The van der Waals surface area contributed by atoms with Gasteiger partial charge in [-0.25, -0.2) is 8.78 Å². The zero-order valence-electron chi connectivity index (χ0n) is 11.3. The third kappa shape index (κ3) is 2.16. The highest BCUT2D eigenvalue weighted by Crippen LogP contribution is 2.53. The Morgan fingerprint density at radius 3 is 2.39 bits per heavy atom. The van der Waals surface area contributed by atoms with E-state index in [0.717, 1.165) is 19.4 Å². The van der Waals surface area contributed by atoms with Crippen molar-refractivity contribution in [1.29, 1.82) is 0 Å². The van der Waals surface area contributed by atoms with E-state index in [4.69, 9.17) is 0 Å². The molecule has 0 amide bonds. The van der Waals surface area contributed by atoms with Crippen molar-refractivity contribution in [2.24, 2.45) is 5.41 Å². The summed E-state index contributed by atoms with van der Waals surface area (Å²) in [5, 5.41) is 3.45. The van der Waals surface area contributed by atoms with Crippen LogP contribution in [0.2, 0.25) is 0 Å². The van der Waals surface area contributed by atoms with Crippen molar-refractivity contribution >= 4 is 0 Å². The first-order valence-corrected chi connectivity index (χ1v) is 6.65. The molecule has 0 aliphatic heterocycles. The zero-order chi connectivity index (χ0) is 13.3. The van der Waals surface area contributed by atoms with E-state index in [1.165, 1.54) is 18.2 Å². The summed E-state index contributed by atoms with van der Waals surface area (Å²) < 4.78 is 27.6. The van der Waals surface area contributed by atoms with Crippen LogP contribution >= 0.6 is 0 Å². The van der Waals surface area contributed by atoms with Crippen LogP contribution in [-0.2, 0) is 0 Å². The maximum atomic E-state index is 13.8. The molecule has 1 aliphatic rings. The van der Waals surface area contributed by atoms with E-state index in [0.29, 0.717) is 6.04 Å². The number of benzene rings is 1. The van der Waals surface area contributed by atoms with Gasteiger partial charge in [-0.05, 0) is 42.9 Å². The normalized spacial score (nSPS) is 25.8. The molecule has 1 aromatic carbocycles. The Morgan fingerprint density at radius 2 is 1.89 bits per heavy atom. The van der Waals surface area contributed by atoms with Crippen molar-refractivity contribution in [1.82, 2.24) is 5.32 Å². The molecule has 100 valence electrons. The first kappa shape index (κ1) is 13.5. The lowest BCUT2D eigenvalue weighted by atomic mass is 9.56. The van der Waals surface area contributed by atoms with Crippen LogP contribution in [-0.4, -0.2) is 12.6 Å². The average Bonchev–Trinajstić information content (AvgIpc) is 2.31. The Hall–Kier alpha value is -0.960. The molecule has 0 saturated heterocycles. The molecule has 2 rings (SSSR count). The van der Waals surface area contributed by atoms with Gasteiger partial charge in [0.15, 0.2) is 0 Å². The summed E-state index contributed by atoms with van der Waals surface area (Å²) in [6, 6.07) is 4.47. The van der Waals surface area contributed by atoms with Gasteiger partial charge >= 0.3 is 0 Å². The van der Waals surface area contributed by atoms with Crippen LogP contribution in [0.15, 0.2) is 18.2 Å². The Balaban J connectivity index is 2.17. The average molecular weight is 253 g/mol. The molecule has 2 atom stereocenters. The van der Waals surface area contributed by atoms with E-state index in [1.54, 1.807) is 0 Å². The second kappa shape index (κ2) is 4.96. The summed E-state index contributed by atoms with van der Waals surface area (Å²) in [5.41, 5.74) is 0.162. The summed E-state index contributed by atoms with van der Waals surface area (Å²) in [7, 11) is 0. The van der Waals surface area contributed by atoms with Gasteiger partial charge in [-0.15, -0.1) is 0 Å².